The molecule has 0 radical (unpaired) electrons. The first-order chi connectivity index (χ1) is 5.61. The number of hydrogen-bond acceptors (Lipinski definition) is 2. The molecule has 1 N–H and O–H groups in total. The van der Waals surface area contributed by atoms with Gasteiger partial charge in [-0.15, -0.1) is 23.2 Å². The summed E-state index contributed by atoms with van der Waals surface area (Å²) in [6.07, 6.45) is 0. The summed E-state index contributed by atoms with van der Waals surface area (Å²) < 4.78 is 0. The van der Waals surface area contributed by atoms with Crippen molar-refractivity contribution >= 4 is 35.0 Å². The Bertz CT molecular complexity index is 208. The van der Waals surface area contributed by atoms with Crippen molar-refractivity contribution in [3.63, 3.8) is 0 Å². The third kappa shape index (κ3) is 2.25. The highest BCUT2D eigenvalue weighted by Crippen LogP contribution is 2.06. The van der Waals surface area contributed by atoms with E-state index in [2.05, 4.69) is 5.32 Å². The molecular formula is C6H8Cl2N2O2. The van der Waals surface area contributed by atoms with Crippen LogP contribution in [0.4, 0.5) is 0 Å². The zero-order chi connectivity index (χ0) is 9.14. The van der Waals surface area contributed by atoms with E-state index in [0.717, 1.165) is 0 Å². The Labute approximate surface area is 79.8 Å². The minimum absolute atomic E-state index is 0.204. The number of nitrogens with zero attached hydrogens (tertiary/aromatic N) is 1. The molecule has 4 nitrogen and oxygen atoms in total. The van der Waals surface area contributed by atoms with Gasteiger partial charge in [-0.3, -0.25) is 9.59 Å². The van der Waals surface area contributed by atoms with Crippen LogP contribution in [-0.2, 0) is 9.59 Å². The molecule has 1 aliphatic heterocycles. The number of halogens is 2. The van der Waals surface area contributed by atoms with Crippen molar-refractivity contribution in [1.29, 1.82) is 0 Å². The van der Waals surface area contributed by atoms with E-state index in [9.17, 15) is 9.59 Å². The molecule has 12 heavy (non-hydrogen) atoms. The highest BCUT2D eigenvalue weighted by molar-refractivity contribution is 6.44. The summed E-state index contributed by atoms with van der Waals surface area (Å²) in [6, 6.07) is 0. The van der Waals surface area contributed by atoms with Crippen molar-refractivity contribution in [1.82, 2.24) is 10.2 Å². The van der Waals surface area contributed by atoms with Gasteiger partial charge < -0.3 is 10.2 Å². The molecule has 0 aromatic carbocycles. The SMILES string of the molecule is O=C1NCCN(CC(Cl)Cl)C1=O. The summed E-state index contributed by atoms with van der Waals surface area (Å²) in [7, 11) is 0. The summed E-state index contributed by atoms with van der Waals surface area (Å²) in [5.74, 6) is -1.15. The molecule has 0 unspecified atom stereocenters. The van der Waals surface area contributed by atoms with Crippen LogP contribution in [0.1, 0.15) is 0 Å². The lowest BCUT2D eigenvalue weighted by Crippen LogP contribution is -2.53. The summed E-state index contributed by atoms with van der Waals surface area (Å²) in [6.45, 7) is 1.14. The molecule has 1 saturated heterocycles. The van der Waals surface area contributed by atoms with Crippen LogP contribution in [0.3, 0.4) is 0 Å². The minimum Gasteiger partial charge on any atom is -0.346 e. The first-order valence-corrected chi connectivity index (χ1v) is 4.34. The molecular weight excluding hydrogens is 203 g/mol. The molecule has 0 saturated carbocycles. The second kappa shape index (κ2) is 3.96. The zero-order valence-corrected chi connectivity index (χ0v) is 7.73. The van der Waals surface area contributed by atoms with Crippen LogP contribution in [0.15, 0.2) is 0 Å². The van der Waals surface area contributed by atoms with E-state index in [1.54, 1.807) is 0 Å². The molecule has 0 atom stereocenters. The predicted octanol–water partition coefficient (Wildman–Crippen LogP) is -0.252. The summed E-state index contributed by atoms with van der Waals surface area (Å²) in [4.78, 5) is 22.6. The van der Waals surface area contributed by atoms with E-state index < -0.39 is 16.7 Å². The molecule has 68 valence electrons. The van der Waals surface area contributed by atoms with Gasteiger partial charge in [0.05, 0.1) is 6.54 Å². The molecule has 0 aromatic heterocycles. The monoisotopic (exact) mass is 210 g/mol. The van der Waals surface area contributed by atoms with Gasteiger partial charge in [0.1, 0.15) is 4.84 Å². The van der Waals surface area contributed by atoms with E-state index in [0.29, 0.717) is 13.1 Å². The fourth-order valence-electron chi connectivity index (χ4n) is 0.966. The molecule has 1 fully saturated rings. The highest BCUT2D eigenvalue weighted by Gasteiger charge is 2.26. The molecule has 1 heterocycles. The number of piperazine rings is 1. The van der Waals surface area contributed by atoms with Crippen LogP contribution in [0.2, 0.25) is 0 Å². The van der Waals surface area contributed by atoms with Crippen molar-refractivity contribution in [2.75, 3.05) is 19.6 Å². The minimum atomic E-state index is -0.639. The number of amides is 2. The van der Waals surface area contributed by atoms with Gasteiger partial charge in [0.2, 0.25) is 0 Å². The van der Waals surface area contributed by atoms with Crippen LogP contribution in [0.25, 0.3) is 0 Å². The zero-order valence-electron chi connectivity index (χ0n) is 6.22. The first-order valence-electron chi connectivity index (χ1n) is 3.46. The number of alkyl halides is 2. The molecule has 6 heteroatoms. The number of hydrogen-bond donors (Lipinski definition) is 1. The Morgan fingerprint density at radius 3 is 2.75 bits per heavy atom. The molecule has 0 aromatic rings. The molecule has 1 rings (SSSR count). The highest BCUT2D eigenvalue weighted by atomic mass is 35.5. The Morgan fingerprint density at radius 1 is 1.50 bits per heavy atom. The topological polar surface area (TPSA) is 49.4 Å². The number of rotatable bonds is 2. The Hall–Kier alpha value is -0.480. The van der Waals surface area contributed by atoms with Gasteiger partial charge in [0, 0.05) is 13.1 Å². The molecule has 0 spiro atoms. The van der Waals surface area contributed by atoms with Gasteiger partial charge in [-0.05, 0) is 0 Å². The van der Waals surface area contributed by atoms with Crippen LogP contribution in [-0.4, -0.2) is 41.2 Å². The van der Waals surface area contributed by atoms with Gasteiger partial charge in [0.25, 0.3) is 0 Å². The lowest BCUT2D eigenvalue weighted by Gasteiger charge is -2.26. The maximum atomic E-state index is 11.1. The lowest BCUT2D eigenvalue weighted by molar-refractivity contribution is -0.148. The van der Waals surface area contributed by atoms with Crippen LogP contribution < -0.4 is 5.32 Å². The summed E-state index contributed by atoms with van der Waals surface area (Å²) >= 11 is 10.9. The van der Waals surface area contributed by atoms with Gasteiger partial charge in [-0.1, -0.05) is 0 Å². The second-order valence-electron chi connectivity index (χ2n) is 2.40. The Morgan fingerprint density at radius 2 is 2.17 bits per heavy atom. The van der Waals surface area contributed by atoms with Crippen molar-refractivity contribution in [2.45, 2.75) is 4.84 Å². The van der Waals surface area contributed by atoms with Crippen LogP contribution in [0, 0.1) is 0 Å². The maximum absolute atomic E-state index is 11.1. The average Bonchev–Trinajstić information content (AvgIpc) is 1.98. The van der Waals surface area contributed by atoms with E-state index in [-0.39, 0.29) is 6.54 Å². The van der Waals surface area contributed by atoms with Crippen molar-refractivity contribution < 1.29 is 9.59 Å². The maximum Gasteiger partial charge on any atom is 0.312 e. The number of carbonyl (C=O) groups excluding carboxylic acids is 2. The fraction of sp³-hybridized carbons (Fsp3) is 0.667. The largest absolute Gasteiger partial charge is 0.346 e. The Balaban J connectivity index is 2.52. The van der Waals surface area contributed by atoms with Crippen LogP contribution in [0.5, 0.6) is 0 Å². The summed E-state index contributed by atoms with van der Waals surface area (Å²) in [5.41, 5.74) is 0. The smallest absolute Gasteiger partial charge is 0.312 e. The van der Waals surface area contributed by atoms with Gasteiger partial charge in [-0.2, -0.15) is 0 Å². The van der Waals surface area contributed by atoms with Gasteiger partial charge in [0.15, 0.2) is 0 Å². The third-order valence-electron chi connectivity index (χ3n) is 1.51. The van der Waals surface area contributed by atoms with E-state index in [4.69, 9.17) is 23.2 Å². The normalized spacial score (nSPS) is 18.4. The van der Waals surface area contributed by atoms with E-state index >= 15 is 0 Å². The molecule has 0 bridgehead atoms. The molecule has 1 aliphatic rings. The standard InChI is InChI=1S/C6H8Cl2N2O2/c7-4(8)3-10-2-1-9-5(11)6(10)12/h4H,1-3H2,(H,9,11). The van der Waals surface area contributed by atoms with Crippen molar-refractivity contribution in [3.8, 4) is 0 Å². The predicted molar refractivity (Wildman–Crippen MR) is 45.1 cm³/mol. The van der Waals surface area contributed by atoms with Gasteiger partial charge >= 0.3 is 11.8 Å². The molecule has 2 amide bonds. The fourth-order valence-corrected chi connectivity index (χ4v) is 1.30. The van der Waals surface area contributed by atoms with E-state index in [1.807, 2.05) is 0 Å². The molecule has 0 aliphatic carbocycles. The van der Waals surface area contributed by atoms with Crippen molar-refractivity contribution in [3.05, 3.63) is 0 Å². The Kier molecular flexibility index (Phi) is 3.17. The van der Waals surface area contributed by atoms with Crippen LogP contribution >= 0.6 is 23.2 Å². The number of nitrogens with one attached hydrogen (secondary N) is 1. The van der Waals surface area contributed by atoms with Gasteiger partial charge in [-0.25, -0.2) is 0 Å². The second-order valence-corrected chi connectivity index (χ2v) is 3.68. The number of carbonyl (C=O) groups is 2. The average molecular weight is 211 g/mol. The first kappa shape index (κ1) is 9.61. The quantitative estimate of drug-likeness (QED) is 0.505. The van der Waals surface area contributed by atoms with Crippen molar-refractivity contribution in [2.24, 2.45) is 0 Å². The third-order valence-corrected chi connectivity index (χ3v) is 1.78. The van der Waals surface area contributed by atoms with E-state index in [1.165, 1.54) is 4.90 Å². The summed E-state index contributed by atoms with van der Waals surface area (Å²) in [5, 5.41) is 2.42. The lowest BCUT2D eigenvalue weighted by atomic mass is 10.3.